The molecule has 0 saturated heterocycles. The predicted molar refractivity (Wildman–Crippen MR) is 97.0 cm³/mol. The van der Waals surface area contributed by atoms with E-state index in [4.69, 9.17) is 4.74 Å². The number of halogens is 2. The minimum absolute atomic E-state index is 0.187. The zero-order chi connectivity index (χ0) is 20.3. The molecule has 3 rings (SSSR count). The van der Waals surface area contributed by atoms with E-state index >= 15 is 0 Å². The molecule has 2 aromatic rings. The topological polar surface area (TPSA) is 89.5 Å². The van der Waals surface area contributed by atoms with Gasteiger partial charge in [0.15, 0.2) is 6.61 Å². The Morgan fingerprint density at radius 3 is 2.39 bits per heavy atom. The number of alkyl halides is 2. The van der Waals surface area contributed by atoms with Gasteiger partial charge in [-0.05, 0) is 66.8 Å². The van der Waals surface area contributed by atoms with Crippen LogP contribution in [0.15, 0.2) is 47.4 Å². The molecule has 0 aromatic heterocycles. The van der Waals surface area contributed by atoms with Crippen molar-refractivity contribution < 1.29 is 31.5 Å². The van der Waals surface area contributed by atoms with Gasteiger partial charge in [0, 0.05) is 5.69 Å². The average Bonchev–Trinajstić information content (AvgIpc) is 3.14. The van der Waals surface area contributed by atoms with Crippen molar-refractivity contribution in [1.82, 2.24) is 0 Å². The van der Waals surface area contributed by atoms with Gasteiger partial charge < -0.3 is 10.1 Å². The number of anilines is 1. The van der Waals surface area contributed by atoms with Crippen LogP contribution in [-0.4, -0.2) is 32.7 Å². The third kappa shape index (κ3) is 4.36. The van der Waals surface area contributed by atoms with Crippen LogP contribution in [0.5, 0.6) is 0 Å². The van der Waals surface area contributed by atoms with E-state index in [0.29, 0.717) is 5.56 Å². The number of nitrogens with one attached hydrogen (secondary N) is 1. The summed E-state index contributed by atoms with van der Waals surface area (Å²) >= 11 is 0. The second-order valence-corrected chi connectivity index (χ2v) is 8.21. The quantitative estimate of drug-likeness (QED) is 0.741. The van der Waals surface area contributed by atoms with Crippen LogP contribution in [0.4, 0.5) is 14.5 Å². The van der Waals surface area contributed by atoms with E-state index in [1.165, 1.54) is 17.7 Å². The zero-order valence-electron chi connectivity index (χ0n) is 14.7. The summed E-state index contributed by atoms with van der Waals surface area (Å²) < 4.78 is 52.7. The van der Waals surface area contributed by atoms with Crippen molar-refractivity contribution in [3.05, 3.63) is 59.2 Å². The first-order valence-electron chi connectivity index (χ1n) is 8.48. The van der Waals surface area contributed by atoms with Crippen molar-refractivity contribution in [1.29, 1.82) is 0 Å². The van der Waals surface area contributed by atoms with E-state index in [-0.39, 0.29) is 5.69 Å². The maximum Gasteiger partial charge on any atom is 0.341 e. The van der Waals surface area contributed by atoms with Gasteiger partial charge in [0.25, 0.3) is 5.91 Å². The number of hydrogen-bond acceptors (Lipinski definition) is 5. The molecule has 0 aliphatic heterocycles. The number of carbonyl (C=O) groups is 2. The molecule has 28 heavy (non-hydrogen) atoms. The normalized spacial score (nSPS) is 13.2. The van der Waals surface area contributed by atoms with Crippen molar-refractivity contribution in [3.63, 3.8) is 0 Å². The van der Waals surface area contributed by atoms with Gasteiger partial charge in [0.1, 0.15) is 0 Å². The highest BCUT2D eigenvalue weighted by Crippen LogP contribution is 2.23. The van der Waals surface area contributed by atoms with Gasteiger partial charge in [0.2, 0.25) is 9.84 Å². The monoisotopic (exact) mass is 409 g/mol. The number of ether oxygens (including phenoxy) is 1. The second-order valence-electron chi connectivity index (χ2n) is 6.29. The molecule has 6 nitrogen and oxygen atoms in total. The van der Waals surface area contributed by atoms with E-state index in [1.807, 2.05) is 6.07 Å². The van der Waals surface area contributed by atoms with Crippen molar-refractivity contribution in [2.45, 2.75) is 29.9 Å². The summed E-state index contributed by atoms with van der Waals surface area (Å²) in [6.45, 7) is -0.535. The molecule has 0 radical (unpaired) electrons. The highest BCUT2D eigenvalue weighted by atomic mass is 32.2. The van der Waals surface area contributed by atoms with Crippen LogP contribution < -0.4 is 5.32 Å². The van der Waals surface area contributed by atoms with Crippen molar-refractivity contribution >= 4 is 27.4 Å². The van der Waals surface area contributed by atoms with Gasteiger partial charge in [-0.15, -0.1) is 0 Å². The Morgan fingerprint density at radius 1 is 1.04 bits per heavy atom. The second kappa shape index (κ2) is 8.05. The first kappa shape index (κ1) is 19.9. The van der Waals surface area contributed by atoms with Gasteiger partial charge in [0.05, 0.1) is 10.5 Å². The third-order valence-electron chi connectivity index (χ3n) is 4.37. The third-order valence-corrected chi connectivity index (χ3v) is 5.77. The molecule has 1 aliphatic rings. The Labute approximate surface area is 160 Å². The Kier molecular flexibility index (Phi) is 5.73. The maximum atomic E-state index is 12.5. The van der Waals surface area contributed by atoms with E-state index in [2.05, 4.69) is 5.32 Å². The number of fused-ring (bicyclic) bond motifs is 1. The molecule has 0 spiro atoms. The molecule has 0 fully saturated rings. The lowest BCUT2D eigenvalue weighted by Gasteiger charge is -2.08. The van der Waals surface area contributed by atoms with Gasteiger partial charge >= 0.3 is 11.7 Å². The molecule has 0 atom stereocenters. The number of hydrogen-bond donors (Lipinski definition) is 1. The van der Waals surface area contributed by atoms with Crippen LogP contribution in [0.2, 0.25) is 0 Å². The SMILES string of the molecule is O=C(COC(=O)c1ccc2c(c1)CCC2)Nc1ccc(S(=O)(=O)C(F)F)cc1. The number of benzene rings is 2. The number of esters is 1. The summed E-state index contributed by atoms with van der Waals surface area (Å²) in [5, 5.41) is 2.40. The van der Waals surface area contributed by atoms with Crippen LogP contribution in [0.25, 0.3) is 0 Å². The summed E-state index contributed by atoms with van der Waals surface area (Å²) in [4.78, 5) is 23.4. The molecule has 1 N–H and O–H groups in total. The summed E-state index contributed by atoms with van der Waals surface area (Å²) in [6, 6.07) is 9.59. The molecular weight excluding hydrogens is 392 g/mol. The Balaban J connectivity index is 1.55. The van der Waals surface area contributed by atoms with Crippen molar-refractivity contribution in [2.24, 2.45) is 0 Å². The number of aryl methyl sites for hydroxylation is 2. The molecule has 1 aliphatic carbocycles. The predicted octanol–water partition coefficient (Wildman–Crippen LogP) is 2.97. The minimum atomic E-state index is -4.69. The van der Waals surface area contributed by atoms with Crippen LogP contribution in [0.1, 0.15) is 27.9 Å². The maximum absolute atomic E-state index is 12.5. The standard InChI is InChI=1S/C19H17F2NO5S/c20-19(21)28(25,26)16-8-6-15(7-9-16)22-17(23)11-27-18(24)14-5-4-12-2-1-3-13(12)10-14/h4-10,19H,1-3,11H2,(H,22,23). The largest absolute Gasteiger partial charge is 0.452 e. The fourth-order valence-electron chi connectivity index (χ4n) is 2.94. The van der Waals surface area contributed by atoms with Gasteiger partial charge in [-0.25, -0.2) is 13.2 Å². The molecular formula is C19H17F2NO5S. The number of rotatable bonds is 6. The zero-order valence-corrected chi connectivity index (χ0v) is 15.5. The minimum Gasteiger partial charge on any atom is -0.452 e. The first-order chi connectivity index (χ1) is 13.3. The van der Waals surface area contributed by atoms with Crippen molar-refractivity contribution in [2.75, 3.05) is 11.9 Å². The van der Waals surface area contributed by atoms with Gasteiger partial charge in [-0.1, -0.05) is 6.07 Å². The number of carbonyl (C=O) groups excluding carboxylic acids is 2. The van der Waals surface area contributed by atoms with Gasteiger partial charge in [-0.2, -0.15) is 8.78 Å². The summed E-state index contributed by atoms with van der Waals surface area (Å²) in [6.07, 6.45) is 2.95. The van der Waals surface area contributed by atoms with E-state index in [1.54, 1.807) is 12.1 Å². The first-order valence-corrected chi connectivity index (χ1v) is 10.0. The lowest BCUT2D eigenvalue weighted by atomic mass is 10.1. The highest BCUT2D eigenvalue weighted by molar-refractivity contribution is 7.91. The van der Waals surface area contributed by atoms with E-state index < -0.39 is 39.0 Å². The van der Waals surface area contributed by atoms with Crippen LogP contribution >= 0.6 is 0 Å². The number of sulfone groups is 1. The molecule has 0 saturated carbocycles. The van der Waals surface area contributed by atoms with E-state index in [0.717, 1.165) is 37.0 Å². The van der Waals surface area contributed by atoms with Crippen LogP contribution in [0, 0.1) is 0 Å². The van der Waals surface area contributed by atoms with E-state index in [9.17, 15) is 26.8 Å². The Hall–Kier alpha value is -2.81. The van der Waals surface area contributed by atoms with Crippen LogP contribution in [0.3, 0.4) is 0 Å². The Morgan fingerprint density at radius 2 is 1.71 bits per heavy atom. The summed E-state index contributed by atoms with van der Waals surface area (Å²) in [5.74, 6) is -4.78. The molecule has 0 unspecified atom stereocenters. The van der Waals surface area contributed by atoms with Crippen LogP contribution in [-0.2, 0) is 32.2 Å². The fraction of sp³-hybridized carbons (Fsp3) is 0.263. The highest BCUT2D eigenvalue weighted by Gasteiger charge is 2.26. The lowest BCUT2D eigenvalue weighted by molar-refractivity contribution is -0.119. The molecule has 2 aromatic carbocycles. The summed E-state index contributed by atoms with van der Waals surface area (Å²) in [7, 11) is -4.69. The fourth-order valence-corrected chi connectivity index (χ4v) is 3.66. The average molecular weight is 409 g/mol. The molecule has 1 amide bonds. The molecule has 0 heterocycles. The molecule has 9 heteroatoms. The Bertz CT molecular complexity index is 1000. The molecule has 148 valence electrons. The van der Waals surface area contributed by atoms with Crippen molar-refractivity contribution in [3.8, 4) is 0 Å². The summed E-state index contributed by atoms with van der Waals surface area (Å²) in [5.41, 5.74) is 2.88. The number of amides is 1. The molecule has 0 bridgehead atoms. The van der Waals surface area contributed by atoms with Gasteiger partial charge in [-0.3, -0.25) is 4.79 Å². The smallest absolute Gasteiger partial charge is 0.341 e. The lowest BCUT2D eigenvalue weighted by Crippen LogP contribution is -2.21.